The zero-order chi connectivity index (χ0) is 34.0. The van der Waals surface area contributed by atoms with Gasteiger partial charge in [-0.2, -0.15) is 0 Å². The van der Waals surface area contributed by atoms with Gasteiger partial charge in [-0.1, -0.05) is 256 Å². The molecule has 0 spiro atoms. The topological polar surface area (TPSA) is 0 Å². The van der Waals surface area contributed by atoms with Gasteiger partial charge in [0.25, 0.3) is 0 Å². The number of aryl methyl sites for hydroxylation is 2. The van der Waals surface area contributed by atoms with Crippen LogP contribution < -0.4 is 0 Å². The molecule has 0 fully saturated rings. The minimum absolute atomic E-state index is 1.27. The molecular formula is C48H84. The fourth-order valence-electron chi connectivity index (χ4n) is 7.98. The summed E-state index contributed by atoms with van der Waals surface area (Å²) in [5, 5.41) is 2.96. The van der Waals surface area contributed by atoms with Crippen molar-refractivity contribution in [3.63, 3.8) is 0 Å². The van der Waals surface area contributed by atoms with Crippen molar-refractivity contribution in [2.75, 3.05) is 0 Å². The van der Waals surface area contributed by atoms with Crippen LogP contribution in [0.3, 0.4) is 0 Å². The molecular weight excluding hydrogens is 577 g/mol. The molecule has 0 aliphatic rings. The van der Waals surface area contributed by atoms with Gasteiger partial charge < -0.3 is 0 Å². The average Bonchev–Trinajstić information content (AvgIpc) is 3.11. The predicted octanol–water partition coefficient (Wildman–Crippen LogP) is 17.2. The quantitative estimate of drug-likeness (QED) is 0.0638. The summed E-state index contributed by atoms with van der Waals surface area (Å²) in [6.45, 7) is 4.62. The molecule has 48 heavy (non-hydrogen) atoms. The summed E-state index contributed by atoms with van der Waals surface area (Å²) in [5.41, 5.74) is 3.32. The van der Waals surface area contributed by atoms with E-state index in [1.807, 2.05) is 0 Å². The maximum Gasteiger partial charge on any atom is -0.0149 e. The second-order valence-corrected chi connectivity index (χ2v) is 15.7. The fourth-order valence-corrected chi connectivity index (χ4v) is 7.98. The van der Waals surface area contributed by atoms with Crippen LogP contribution in [0.15, 0.2) is 36.4 Å². The fraction of sp³-hybridized carbons (Fsp3) is 0.792. The highest BCUT2D eigenvalue weighted by Crippen LogP contribution is 2.27. The Morgan fingerprint density at radius 2 is 0.604 bits per heavy atom. The lowest BCUT2D eigenvalue weighted by Gasteiger charge is -2.14. The van der Waals surface area contributed by atoms with Gasteiger partial charge in [-0.05, 0) is 47.6 Å². The second kappa shape index (κ2) is 32.9. The number of hydrogen-bond donors (Lipinski definition) is 0. The van der Waals surface area contributed by atoms with Crippen LogP contribution in [0.4, 0.5) is 0 Å². The van der Waals surface area contributed by atoms with Crippen LogP contribution in [-0.4, -0.2) is 0 Å². The van der Waals surface area contributed by atoms with E-state index >= 15 is 0 Å². The summed E-state index contributed by atoms with van der Waals surface area (Å²) in [4.78, 5) is 0. The van der Waals surface area contributed by atoms with Crippen LogP contribution in [-0.2, 0) is 12.8 Å². The lowest BCUT2D eigenvalue weighted by molar-refractivity contribution is 0.526. The van der Waals surface area contributed by atoms with E-state index < -0.39 is 0 Å². The summed E-state index contributed by atoms with van der Waals surface area (Å²) < 4.78 is 0. The molecule has 0 heterocycles. The van der Waals surface area contributed by atoms with Crippen LogP contribution in [0, 0.1) is 0 Å². The molecule has 0 bridgehead atoms. The lowest BCUT2D eigenvalue weighted by Crippen LogP contribution is -1.97. The first-order valence-corrected chi connectivity index (χ1v) is 22.4. The second-order valence-electron chi connectivity index (χ2n) is 15.7. The van der Waals surface area contributed by atoms with Gasteiger partial charge in [0, 0.05) is 0 Å². The molecule has 276 valence electrons. The number of benzene rings is 2. The van der Waals surface area contributed by atoms with Gasteiger partial charge >= 0.3 is 0 Å². The van der Waals surface area contributed by atoms with Crippen molar-refractivity contribution in [1.29, 1.82) is 0 Å². The Morgan fingerprint density at radius 3 is 0.979 bits per heavy atom. The van der Waals surface area contributed by atoms with Crippen molar-refractivity contribution in [1.82, 2.24) is 0 Å². The van der Waals surface area contributed by atoms with Crippen molar-refractivity contribution < 1.29 is 0 Å². The van der Waals surface area contributed by atoms with Gasteiger partial charge in [0.15, 0.2) is 0 Å². The van der Waals surface area contributed by atoms with Crippen LogP contribution in [0.5, 0.6) is 0 Å². The van der Waals surface area contributed by atoms with E-state index in [0.717, 1.165) is 0 Å². The molecule has 2 rings (SSSR count). The molecule has 0 nitrogen and oxygen atoms in total. The van der Waals surface area contributed by atoms with E-state index in [1.54, 1.807) is 11.1 Å². The number of fused-ring (bicyclic) bond motifs is 1. The van der Waals surface area contributed by atoms with Crippen molar-refractivity contribution in [3.8, 4) is 0 Å². The predicted molar refractivity (Wildman–Crippen MR) is 220 cm³/mol. The number of rotatable bonds is 36. The Morgan fingerprint density at radius 1 is 0.292 bits per heavy atom. The van der Waals surface area contributed by atoms with E-state index in [2.05, 4.69) is 50.2 Å². The van der Waals surface area contributed by atoms with Gasteiger partial charge in [0.2, 0.25) is 0 Å². The SMILES string of the molecule is CCCCCCCCCCCCCCCCCCCc1ccc2ccccc2c1CCCCCCCCCCCCCCCCCCC. The van der Waals surface area contributed by atoms with E-state index in [-0.39, 0.29) is 0 Å². The smallest absolute Gasteiger partial charge is 0.0149 e. The summed E-state index contributed by atoms with van der Waals surface area (Å²) in [6, 6.07) is 14.0. The molecule has 0 saturated heterocycles. The molecule has 0 N–H and O–H groups in total. The van der Waals surface area contributed by atoms with E-state index in [9.17, 15) is 0 Å². The summed E-state index contributed by atoms with van der Waals surface area (Å²) in [5.74, 6) is 0. The zero-order valence-corrected chi connectivity index (χ0v) is 32.9. The van der Waals surface area contributed by atoms with Crippen molar-refractivity contribution >= 4 is 10.8 Å². The zero-order valence-electron chi connectivity index (χ0n) is 32.9. The molecule has 0 saturated carbocycles. The minimum Gasteiger partial charge on any atom is -0.0654 e. The molecule has 2 aromatic carbocycles. The Labute approximate surface area is 302 Å². The van der Waals surface area contributed by atoms with E-state index in [1.165, 1.54) is 242 Å². The number of unbranched alkanes of at least 4 members (excludes halogenated alkanes) is 32. The first-order chi connectivity index (χ1) is 23.9. The first kappa shape index (κ1) is 42.9. The summed E-state index contributed by atoms with van der Waals surface area (Å²) in [7, 11) is 0. The van der Waals surface area contributed by atoms with Crippen LogP contribution in [0.1, 0.15) is 243 Å². The standard InChI is InChI=1S/C48H84/c1-3-5-7-9-11-13-15-17-19-21-23-25-27-29-31-33-35-39-45-43-44-46-40-37-38-42-48(46)47(45)41-36-34-32-30-28-26-24-22-20-18-16-14-12-10-8-6-4-2/h37-38,40,42-44H,3-36,39,41H2,1-2H3. The highest BCUT2D eigenvalue weighted by Gasteiger charge is 2.08. The van der Waals surface area contributed by atoms with Gasteiger partial charge in [-0.15, -0.1) is 0 Å². The third-order valence-electron chi connectivity index (χ3n) is 11.2. The Kier molecular flexibility index (Phi) is 29.4. The maximum absolute atomic E-state index is 2.47. The summed E-state index contributed by atoms with van der Waals surface area (Å²) >= 11 is 0. The Balaban J connectivity index is 1.48. The Bertz CT molecular complexity index is 940. The normalized spacial score (nSPS) is 11.6. The van der Waals surface area contributed by atoms with Crippen molar-refractivity contribution in [2.45, 2.75) is 245 Å². The highest BCUT2D eigenvalue weighted by atomic mass is 14.1. The monoisotopic (exact) mass is 661 g/mol. The largest absolute Gasteiger partial charge is 0.0654 e. The van der Waals surface area contributed by atoms with Gasteiger partial charge in [0.05, 0.1) is 0 Å². The molecule has 0 radical (unpaired) electrons. The molecule has 2 aromatic rings. The molecule has 0 aliphatic carbocycles. The van der Waals surface area contributed by atoms with Crippen LogP contribution in [0.25, 0.3) is 10.8 Å². The highest BCUT2D eigenvalue weighted by molar-refractivity contribution is 5.86. The van der Waals surface area contributed by atoms with E-state index in [0.29, 0.717) is 0 Å². The third-order valence-corrected chi connectivity index (χ3v) is 11.2. The molecule has 0 unspecified atom stereocenters. The Hall–Kier alpha value is -1.30. The minimum atomic E-state index is 1.27. The molecule has 0 aromatic heterocycles. The van der Waals surface area contributed by atoms with Crippen LogP contribution in [0.2, 0.25) is 0 Å². The average molecular weight is 661 g/mol. The molecule has 0 aliphatic heterocycles. The molecule has 0 atom stereocenters. The summed E-state index contributed by atoms with van der Waals surface area (Å²) in [6.07, 6.45) is 51.8. The lowest BCUT2D eigenvalue weighted by atomic mass is 9.91. The van der Waals surface area contributed by atoms with Gasteiger partial charge in [-0.3, -0.25) is 0 Å². The maximum atomic E-state index is 2.47. The third kappa shape index (κ3) is 23.2. The van der Waals surface area contributed by atoms with Crippen LogP contribution >= 0.6 is 0 Å². The molecule has 0 amide bonds. The van der Waals surface area contributed by atoms with Gasteiger partial charge in [-0.25, -0.2) is 0 Å². The van der Waals surface area contributed by atoms with Crippen molar-refractivity contribution in [3.05, 3.63) is 47.5 Å². The number of hydrogen-bond acceptors (Lipinski definition) is 0. The van der Waals surface area contributed by atoms with Gasteiger partial charge in [0.1, 0.15) is 0 Å². The van der Waals surface area contributed by atoms with E-state index in [4.69, 9.17) is 0 Å². The molecule has 0 heteroatoms. The first-order valence-electron chi connectivity index (χ1n) is 22.4. The van der Waals surface area contributed by atoms with Crippen molar-refractivity contribution in [2.24, 2.45) is 0 Å².